The van der Waals surface area contributed by atoms with Gasteiger partial charge in [0.05, 0.1) is 0 Å². The Kier molecular flexibility index (Phi) is 6.38. The number of carbonyl (C=O) groups is 3. The van der Waals surface area contributed by atoms with Crippen LogP contribution in [0.5, 0.6) is 0 Å². The van der Waals surface area contributed by atoms with Crippen LogP contribution in [0.4, 0.5) is 9.59 Å². The molecule has 0 radical (unpaired) electrons. The normalized spacial score (nSPS) is 20.5. The van der Waals surface area contributed by atoms with E-state index in [2.05, 4.69) is 24.3 Å². The van der Waals surface area contributed by atoms with Crippen molar-refractivity contribution in [2.45, 2.75) is 57.6 Å². The molecule has 196 valence electrons. The Morgan fingerprint density at radius 1 is 0.946 bits per heavy atom. The van der Waals surface area contributed by atoms with E-state index in [9.17, 15) is 19.5 Å². The first kappa shape index (κ1) is 25.1. The number of rotatable bonds is 3. The topological polar surface area (TPSA) is 96.4 Å². The van der Waals surface area contributed by atoms with Crippen LogP contribution in [0, 0.1) is 5.41 Å². The molecule has 0 unspecified atom stereocenters. The number of carboxylic acid groups (broad SMARTS) is 1. The fourth-order valence-electron chi connectivity index (χ4n) is 6.00. The lowest BCUT2D eigenvalue weighted by Gasteiger charge is -2.39. The van der Waals surface area contributed by atoms with E-state index in [1.165, 1.54) is 4.90 Å². The smallest absolute Gasteiger partial charge is 0.410 e. The van der Waals surface area contributed by atoms with Gasteiger partial charge in [-0.1, -0.05) is 48.5 Å². The summed E-state index contributed by atoms with van der Waals surface area (Å²) >= 11 is 0. The summed E-state index contributed by atoms with van der Waals surface area (Å²) in [6.45, 7) is 6.89. The first-order valence-electron chi connectivity index (χ1n) is 12.9. The Labute approximate surface area is 217 Å². The molecule has 2 aromatic rings. The number of carbonyl (C=O) groups excluding carboxylic acids is 2. The third-order valence-electron chi connectivity index (χ3n) is 7.84. The van der Waals surface area contributed by atoms with Gasteiger partial charge in [0.1, 0.15) is 18.2 Å². The standard InChI is InChI=1S/C29H34N2O6/c1-28(2,3)37-26(34)30-14-12-29(13-15-30)16-24(25(32)33)31(18-29)27(35)36-17-23-21-10-6-4-8-19(21)20-9-5-7-11-22(20)23/h4-11,23-24H,12-18H2,1-3H3,(H,32,33)/t24-/m1/s1. The molecule has 0 bridgehead atoms. The molecular weight excluding hydrogens is 472 g/mol. The van der Waals surface area contributed by atoms with Crippen LogP contribution in [-0.2, 0) is 14.3 Å². The minimum Gasteiger partial charge on any atom is -0.480 e. The van der Waals surface area contributed by atoms with Crippen molar-refractivity contribution in [3.05, 3.63) is 59.7 Å². The number of ether oxygens (including phenoxy) is 2. The lowest BCUT2D eigenvalue weighted by molar-refractivity contribution is -0.141. The summed E-state index contributed by atoms with van der Waals surface area (Å²) in [4.78, 5) is 40.9. The molecule has 2 amide bonds. The number of likely N-dealkylation sites (tertiary alicyclic amines) is 2. The zero-order valence-electron chi connectivity index (χ0n) is 21.6. The summed E-state index contributed by atoms with van der Waals surface area (Å²) in [6.07, 6.45) is 0.630. The Balaban J connectivity index is 1.25. The Bertz CT molecular complexity index is 1170. The van der Waals surface area contributed by atoms with Crippen LogP contribution in [-0.4, -0.2) is 70.9 Å². The zero-order valence-corrected chi connectivity index (χ0v) is 21.6. The molecule has 0 aromatic heterocycles. The Morgan fingerprint density at radius 3 is 2.05 bits per heavy atom. The van der Waals surface area contributed by atoms with Gasteiger partial charge >= 0.3 is 18.2 Å². The number of carboxylic acids is 1. The van der Waals surface area contributed by atoms with Gasteiger partial charge in [-0.05, 0) is 67.7 Å². The molecule has 8 nitrogen and oxygen atoms in total. The predicted octanol–water partition coefficient (Wildman–Crippen LogP) is 5.11. The molecule has 0 saturated carbocycles. The summed E-state index contributed by atoms with van der Waals surface area (Å²) in [5.41, 5.74) is 3.57. The minimum atomic E-state index is -1.03. The van der Waals surface area contributed by atoms with E-state index in [4.69, 9.17) is 9.47 Å². The summed E-state index contributed by atoms with van der Waals surface area (Å²) < 4.78 is 11.3. The number of aliphatic carboxylic acids is 1. The molecule has 1 aliphatic carbocycles. The number of hydrogen-bond donors (Lipinski definition) is 1. The fraction of sp³-hybridized carbons (Fsp3) is 0.483. The van der Waals surface area contributed by atoms with Gasteiger partial charge < -0.3 is 19.5 Å². The van der Waals surface area contributed by atoms with E-state index in [1.807, 2.05) is 45.0 Å². The maximum Gasteiger partial charge on any atom is 0.410 e. The van der Waals surface area contributed by atoms with Crippen molar-refractivity contribution in [2.24, 2.45) is 5.41 Å². The number of amides is 2. The van der Waals surface area contributed by atoms with Crippen LogP contribution in [0.2, 0.25) is 0 Å². The average Bonchev–Trinajstić information content (AvgIpc) is 3.38. The first-order valence-corrected chi connectivity index (χ1v) is 12.9. The lowest BCUT2D eigenvalue weighted by atomic mass is 9.76. The van der Waals surface area contributed by atoms with Crippen LogP contribution >= 0.6 is 0 Å². The average molecular weight is 507 g/mol. The van der Waals surface area contributed by atoms with Gasteiger partial charge in [-0.15, -0.1) is 0 Å². The maximum atomic E-state index is 13.3. The molecular formula is C29H34N2O6. The van der Waals surface area contributed by atoms with Gasteiger partial charge in [-0.2, -0.15) is 0 Å². The second kappa shape index (κ2) is 9.39. The van der Waals surface area contributed by atoms with Gasteiger partial charge in [0.15, 0.2) is 0 Å². The SMILES string of the molecule is CC(C)(C)OC(=O)N1CCC2(CC1)C[C@H](C(=O)O)N(C(=O)OCC1c3ccccc3-c3ccccc31)C2. The summed E-state index contributed by atoms with van der Waals surface area (Å²) in [5, 5.41) is 9.92. The molecule has 1 N–H and O–H groups in total. The van der Waals surface area contributed by atoms with Crippen molar-refractivity contribution in [1.29, 1.82) is 0 Å². The highest BCUT2D eigenvalue weighted by molar-refractivity contribution is 5.82. The summed E-state index contributed by atoms with van der Waals surface area (Å²) in [7, 11) is 0. The van der Waals surface area contributed by atoms with Crippen molar-refractivity contribution in [2.75, 3.05) is 26.2 Å². The molecule has 1 atom stereocenters. The van der Waals surface area contributed by atoms with E-state index in [0.29, 0.717) is 38.9 Å². The Hall–Kier alpha value is -3.55. The zero-order chi connectivity index (χ0) is 26.4. The van der Waals surface area contributed by atoms with Crippen LogP contribution in [0.15, 0.2) is 48.5 Å². The molecule has 2 saturated heterocycles. The summed E-state index contributed by atoms with van der Waals surface area (Å²) in [5.74, 6) is -1.12. The van der Waals surface area contributed by atoms with Crippen molar-refractivity contribution >= 4 is 18.2 Å². The van der Waals surface area contributed by atoms with Crippen LogP contribution in [0.3, 0.4) is 0 Å². The van der Waals surface area contributed by atoms with Gasteiger partial charge in [-0.3, -0.25) is 4.90 Å². The third-order valence-corrected chi connectivity index (χ3v) is 7.84. The molecule has 2 fully saturated rings. The largest absolute Gasteiger partial charge is 0.480 e. The molecule has 8 heteroatoms. The quantitative estimate of drug-likeness (QED) is 0.621. The fourth-order valence-corrected chi connectivity index (χ4v) is 6.00. The number of benzene rings is 2. The van der Waals surface area contributed by atoms with Crippen molar-refractivity contribution in [3.63, 3.8) is 0 Å². The molecule has 2 aliphatic heterocycles. The van der Waals surface area contributed by atoms with E-state index in [-0.39, 0.29) is 24.0 Å². The molecule has 2 aromatic carbocycles. The number of fused-ring (bicyclic) bond motifs is 3. The third kappa shape index (κ3) is 4.89. The van der Waals surface area contributed by atoms with Crippen molar-refractivity contribution in [1.82, 2.24) is 9.80 Å². The number of piperidine rings is 1. The molecule has 3 aliphatic rings. The molecule has 37 heavy (non-hydrogen) atoms. The highest BCUT2D eigenvalue weighted by atomic mass is 16.6. The van der Waals surface area contributed by atoms with Crippen molar-refractivity contribution < 1.29 is 29.0 Å². The highest BCUT2D eigenvalue weighted by Gasteiger charge is 2.51. The van der Waals surface area contributed by atoms with E-state index in [0.717, 1.165) is 22.3 Å². The number of nitrogens with zero attached hydrogens (tertiary/aromatic N) is 2. The highest BCUT2D eigenvalue weighted by Crippen LogP contribution is 2.46. The van der Waals surface area contributed by atoms with Gasteiger partial charge in [0.2, 0.25) is 0 Å². The van der Waals surface area contributed by atoms with Gasteiger partial charge in [-0.25, -0.2) is 14.4 Å². The first-order chi connectivity index (χ1) is 17.6. The molecule has 5 rings (SSSR count). The van der Waals surface area contributed by atoms with E-state index >= 15 is 0 Å². The molecule has 2 heterocycles. The predicted molar refractivity (Wildman–Crippen MR) is 137 cm³/mol. The lowest BCUT2D eigenvalue weighted by Crippen LogP contribution is -2.46. The second-order valence-electron chi connectivity index (χ2n) is 11.5. The maximum absolute atomic E-state index is 13.3. The number of hydrogen-bond acceptors (Lipinski definition) is 5. The van der Waals surface area contributed by atoms with Crippen LogP contribution < -0.4 is 0 Å². The summed E-state index contributed by atoms with van der Waals surface area (Å²) in [6, 6.07) is 15.3. The Morgan fingerprint density at radius 2 is 1.51 bits per heavy atom. The minimum absolute atomic E-state index is 0.0896. The monoisotopic (exact) mass is 506 g/mol. The molecule has 1 spiro atoms. The van der Waals surface area contributed by atoms with E-state index < -0.39 is 23.7 Å². The van der Waals surface area contributed by atoms with Crippen LogP contribution in [0.1, 0.15) is 57.1 Å². The van der Waals surface area contributed by atoms with Crippen LogP contribution in [0.25, 0.3) is 11.1 Å². The van der Waals surface area contributed by atoms with Gasteiger partial charge in [0, 0.05) is 25.6 Å². The second-order valence-corrected chi connectivity index (χ2v) is 11.5. The van der Waals surface area contributed by atoms with Gasteiger partial charge in [0.25, 0.3) is 0 Å². The van der Waals surface area contributed by atoms with E-state index in [1.54, 1.807) is 4.90 Å². The van der Waals surface area contributed by atoms with Crippen molar-refractivity contribution in [3.8, 4) is 11.1 Å².